The number of aromatic nitrogens is 1. The van der Waals surface area contributed by atoms with E-state index in [1.165, 1.54) is 0 Å². The van der Waals surface area contributed by atoms with Crippen LogP contribution in [0.5, 0.6) is 0 Å². The van der Waals surface area contributed by atoms with Crippen molar-refractivity contribution in [2.75, 3.05) is 6.61 Å². The maximum absolute atomic E-state index is 12.1. The number of Topliss-reactive ketones (excluding diaryl/α,β-unsaturated/α-hetero) is 1. The fraction of sp³-hybridized carbons (Fsp3) is 0.500. The van der Waals surface area contributed by atoms with Crippen molar-refractivity contribution >= 4 is 32.6 Å². The molecule has 0 fully saturated rings. The minimum absolute atomic E-state index is 0.117. The third kappa shape index (κ3) is 3.13. The van der Waals surface area contributed by atoms with Crippen LogP contribution in [0.25, 0.3) is 10.9 Å². The molecule has 0 bridgehead atoms. The molecule has 0 spiro atoms. The van der Waals surface area contributed by atoms with Gasteiger partial charge in [0.2, 0.25) is 0 Å². The third-order valence-electron chi connectivity index (χ3n) is 4.42. The van der Waals surface area contributed by atoms with E-state index in [9.17, 15) is 9.90 Å². The maximum Gasteiger partial charge on any atom is 0.139 e. The zero-order valence-electron chi connectivity index (χ0n) is 13.9. The summed E-state index contributed by atoms with van der Waals surface area (Å²) in [6.45, 7) is 10.5. The number of rotatable bonds is 5. The summed E-state index contributed by atoms with van der Waals surface area (Å²) in [6, 6.07) is 6.13. The zero-order valence-corrected chi connectivity index (χ0v) is 15.5. The molecule has 0 aliphatic rings. The highest BCUT2D eigenvalue weighted by Crippen LogP contribution is 2.35. The van der Waals surface area contributed by atoms with Crippen molar-refractivity contribution in [1.82, 2.24) is 4.57 Å². The molecule has 3 nitrogen and oxygen atoms in total. The SMILES string of the molecule is CC(=O)C(C)(C)c1cn(CC(C)(C)CO)c2cc(Br)ccc12. The van der Waals surface area contributed by atoms with Crippen molar-refractivity contribution in [3.8, 4) is 0 Å². The summed E-state index contributed by atoms with van der Waals surface area (Å²) in [6.07, 6.45) is 2.07. The molecule has 2 aromatic rings. The number of hydrogen-bond donors (Lipinski definition) is 1. The van der Waals surface area contributed by atoms with E-state index in [0.29, 0.717) is 6.54 Å². The molecule has 1 aromatic heterocycles. The molecule has 0 atom stereocenters. The lowest BCUT2D eigenvalue weighted by atomic mass is 9.81. The van der Waals surface area contributed by atoms with Crippen LogP contribution in [0.4, 0.5) is 0 Å². The minimum atomic E-state index is -0.527. The standard InChI is InChI=1S/C18H24BrNO2/c1-12(22)18(4,5)15-9-20(10-17(2,3)11-21)16-8-13(19)6-7-14(15)16/h6-9,21H,10-11H2,1-5H3. The Kier molecular flexibility index (Phi) is 4.56. The number of carbonyl (C=O) groups excluding carboxylic acids is 1. The zero-order chi connectivity index (χ0) is 16.7. The summed E-state index contributed by atoms with van der Waals surface area (Å²) in [5.74, 6) is 0.149. The molecule has 4 heteroatoms. The van der Waals surface area contributed by atoms with Crippen LogP contribution in [0.15, 0.2) is 28.9 Å². The Labute approximate surface area is 140 Å². The molecule has 0 amide bonds. The Morgan fingerprint density at radius 1 is 1.27 bits per heavy atom. The maximum atomic E-state index is 12.1. The van der Waals surface area contributed by atoms with Crippen LogP contribution in [0.3, 0.4) is 0 Å². The Morgan fingerprint density at radius 2 is 1.91 bits per heavy atom. The van der Waals surface area contributed by atoms with Gasteiger partial charge in [0, 0.05) is 40.1 Å². The summed E-state index contributed by atoms with van der Waals surface area (Å²) in [5, 5.41) is 10.7. The first-order valence-corrected chi connectivity index (χ1v) is 8.28. The number of hydrogen-bond acceptors (Lipinski definition) is 2. The highest BCUT2D eigenvalue weighted by Gasteiger charge is 2.30. The van der Waals surface area contributed by atoms with Gasteiger partial charge in [-0.15, -0.1) is 0 Å². The fourth-order valence-corrected chi connectivity index (χ4v) is 2.94. The number of aliphatic hydroxyl groups excluding tert-OH is 1. The predicted molar refractivity (Wildman–Crippen MR) is 94.2 cm³/mol. The number of ketones is 1. The number of benzene rings is 1. The van der Waals surface area contributed by atoms with Crippen molar-refractivity contribution in [2.45, 2.75) is 46.6 Å². The molecule has 2 rings (SSSR count). The van der Waals surface area contributed by atoms with Gasteiger partial charge in [-0.2, -0.15) is 0 Å². The number of fused-ring (bicyclic) bond motifs is 1. The Bertz CT molecular complexity index is 713. The highest BCUT2D eigenvalue weighted by atomic mass is 79.9. The van der Waals surface area contributed by atoms with E-state index in [2.05, 4.69) is 38.8 Å². The molecular weight excluding hydrogens is 342 g/mol. The van der Waals surface area contributed by atoms with Crippen LogP contribution in [0, 0.1) is 5.41 Å². The van der Waals surface area contributed by atoms with E-state index in [1.807, 2.05) is 33.8 Å². The van der Waals surface area contributed by atoms with Crippen LogP contribution >= 0.6 is 15.9 Å². The lowest BCUT2D eigenvalue weighted by molar-refractivity contribution is -0.121. The predicted octanol–water partition coefficient (Wildman–Crippen LogP) is 4.29. The quantitative estimate of drug-likeness (QED) is 0.858. The molecule has 1 aromatic carbocycles. The van der Waals surface area contributed by atoms with E-state index in [0.717, 1.165) is 20.9 Å². The molecule has 0 radical (unpaired) electrons. The van der Waals surface area contributed by atoms with Gasteiger partial charge in [0.1, 0.15) is 5.78 Å². The summed E-state index contributed by atoms with van der Waals surface area (Å²) >= 11 is 3.52. The molecular formula is C18H24BrNO2. The van der Waals surface area contributed by atoms with E-state index >= 15 is 0 Å². The summed E-state index contributed by atoms with van der Waals surface area (Å²) < 4.78 is 3.16. The van der Waals surface area contributed by atoms with Crippen molar-refractivity contribution in [2.24, 2.45) is 5.41 Å². The Morgan fingerprint density at radius 3 is 2.45 bits per heavy atom. The first-order chi connectivity index (χ1) is 10.1. The molecule has 0 saturated heterocycles. The third-order valence-corrected chi connectivity index (χ3v) is 4.92. The Hall–Kier alpha value is -1.13. The second kappa shape index (κ2) is 5.82. The van der Waals surface area contributed by atoms with Gasteiger partial charge < -0.3 is 9.67 Å². The first kappa shape index (κ1) is 17.2. The van der Waals surface area contributed by atoms with Gasteiger partial charge in [0.05, 0.1) is 5.41 Å². The van der Waals surface area contributed by atoms with Crippen LogP contribution in [-0.4, -0.2) is 22.1 Å². The molecule has 0 unspecified atom stereocenters. The van der Waals surface area contributed by atoms with E-state index in [-0.39, 0.29) is 17.8 Å². The van der Waals surface area contributed by atoms with Gasteiger partial charge >= 0.3 is 0 Å². The Balaban J connectivity index is 2.68. The lowest BCUT2D eigenvalue weighted by Crippen LogP contribution is -2.26. The van der Waals surface area contributed by atoms with E-state index in [1.54, 1.807) is 6.92 Å². The average molecular weight is 366 g/mol. The number of nitrogens with zero attached hydrogens (tertiary/aromatic N) is 1. The van der Waals surface area contributed by atoms with Gasteiger partial charge in [-0.3, -0.25) is 4.79 Å². The molecule has 120 valence electrons. The van der Waals surface area contributed by atoms with Crippen LogP contribution in [0.2, 0.25) is 0 Å². The number of aliphatic hydroxyl groups is 1. The van der Waals surface area contributed by atoms with Gasteiger partial charge in [-0.05, 0) is 38.5 Å². The van der Waals surface area contributed by atoms with Crippen molar-refractivity contribution in [3.63, 3.8) is 0 Å². The number of carbonyl (C=O) groups is 1. The van der Waals surface area contributed by atoms with Crippen LogP contribution in [0.1, 0.15) is 40.2 Å². The van der Waals surface area contributed by atoms with Crippen LogP contribution in [-0.2, 0) is 16.8 Å². The van der Waals surface area contributed by atoms with Crippen LogP contribution < -0.4 is 0 Å². The molecule has 22 heavy (non-hydrogen) atoms. The molecule has 0 aliphatic heterocycles. The molecule has 0 saturated carbocycles. The largest absolute Gasteiger partial charge is 0.396 e. The summed E-state index contributed by atoms with van der Waals surface area (Å²) in [7, 11) is 0. The van der Waals surface area contributed by atoms with Crippen molar-refractivity contribution < 1.29 is 9.90 Å². The fourth-order valence-electron chi connectivity index (χ4n) is 2.59. The normalized spacial score (nSPS) is 12.9. The van der Waals surface area contributed by atoms with E-state index in [4.69, 9.17) is 0 Å². The van der Waals surface area contributed by atoms with Gasteiger partial charge in [-0.25, -0.2) is 0 Å². The summed E-state index contributed by atoms with van der Waals surface area (Å²) in [4.78, 5) is 12.1. The average Bonchev–Trinajstić information content (AvgIpc) is 2.77. The highest BCUT2D eigenvalue weighted by molar-refractivity contribution is 9.10. The van der Waals surface area contributed by atoms with Crippen molar-refractivity contribution in [3.05, 3.63) is 34.4 Å². The number of halogens is 1. The monoisotopic (exact) mass is 365 g/mol. The van der Waals surface area contributed by atoms with Gasteiger partial charge in [-0.1, -0.05) is 35.8 Å². The molecule has 1 N–H and O–H groups in total. The molecule has 0 aliphatic carbocycles. The van der Waals surface area contributed by atoms with Gasteiger partial charge in [0.15, 0.2) is 0 Å². The minimum Gasteiger partial charge on any atom is -0.396 e. The first-order valence-electron chi connectivity index (χ1n) is 7.49. The lowest BCUT2D eigenvalue weighted by Gasteiger charge is -2.23. The summed E-state index contributed by atoms with van der Waals surface area (Å²) in [5.41, 5.74) is 1.38. The molecule has 1 heterocycles. The second-order valence-corrected chi connectivity index (χ2v) is 8.25. The van der Waals surface area contributed by atoms with Crippen molar-refractivity contribution in [1.29, 1.82) is 0 Å². The van der Waals surface area contributed by atoms with Gasteiger partial charge in [0.25, 0.3) is 0 Å². The second-order valence-electron chi connectivity index (χ2n) is 7.34. The smallest absolute Gasteiger partial charge is 0.139 e. The van der Waals surface area contributed by atoms with E-state index < -0.39 is 5.41 Å². The topological polar surface area (TPSA) is 42.2 Å².